The smallest absolute Gasteiger partial charge is 0.253 e. The van der Waals surface area contributed by atoms with Crippen LogP contribution in [0.3, 0.4) is 0 Å². The van der Waals surface area contributed by atoms with Crippen LogP contribution < -0.4 is 16.2 Å². The lowest BCUT2D eigenvalue weighted by molar-refractivity contribution is -0.122. The molecule has 3 rings (SSSR count). The number of hydrogen-bond acceptors (Lipinski definition) is 4. The Balaban J connectivity index is 1.62. The molecule has 0 aromatic heterocycles. The Morgan fingerprint density at radius 2 is 1.69 bits per heavy atom. The highest BCUT2D eigenvalue weighted by atomic mass is 16.2. The van der Waals surface area contributed by atoms with Crippen LogP contribution in [0.4, 0.5) is 5.69 Å². The Hall–Kier alpha value is -1.92. The molecule has 2 aliphatic rings. The third-order valence-corrected chi connectivity index (χ3v) is 6.06. The third-order valence-electron chi connectivity index (χ3n) is 6.06. The second-order valence-corrected chi connectivity index (χ2v) is 7.79. The summed E-state index contributed by atoms with van der Waals surface area (Å²) >= 11 is 0. The summed E-state index contributed by atoms with van der Waals surface area (Å²) in [4.78, 5) is 26.7. The minimum absolute atomic E-state index is 0.000620. The Labute approximate surface area is 155 Å². The number of hydrogen-bond donors (Lipinski definition) is 3. The Bertz CT molecular complexity index is 646. The van der Waals surface area contributed by atoms with Gasteiger partial charge in [-0.05, 0) is 57.9 Å². The van der Waals surface area contributed by atoms with Crippen LogP contribution in [0.25, 0.3) is 0 Å². The van der Waals surface area contributed by atoms with Crippen molar-refractivity contribution in [3.8, 4) is 0 Å². The summed E-state index contributed by atoms with van der Waals surface area (Å²) in [6.45, 7) is 6.36. The van der Waals surface area contributed by atoms with Crippen molar-refractivity contribution < 1.29 is 9.59 Å². The van der Waals surface area contributed by atoms with E-state index in [-0.39, 0.29) is 23.8 Å². The molecule has 2 amide bonds. The van der Waals surface area contributed by atoms with Gasteiger partial charge in [-0.2, -0.15) is 0 Å². The molecule has 3 N–H and O–H groups in total. The molecule has 1 aromatic carbocycles. The van der Waals surface area contributed by atoms with Gasteiger partial charge in [0.15, 0.2) is 0 Å². The van der Waals surface area contributed by atoms with E-state index in [1.54, 1.807) is 12.1 Å². The summed E-state index contributed by atoms with van der Waals surface area (Å²) in [5, 5.41) is 2.94. The lowest BCUT2D eigenvalue weighted by atomic mass is 9.85. The molecule has 1 saturated heterocycles. The SMILES string of the molecule is CC1NNC(C)C1C(C)N(C)C(=O)c1ccc(NC(=O)C2CCC2)cc1. The summed E-state index contributed by atoms with van der Waals surface area (Å²) < 4.78 is 0. The molecule has 1 aliphatic heterocycles. The number of benzene rings is 1. The average molecular weight is 358 g/mol. The Morgan fingerprint density at radius 1 is 1.12 bits per heavy atom. The van der Waals surface area contributed by atoms with Crippen molar-refractivity contribution in [3.63, 3.8) is 0 Å². The Kier molecular flexibility index (Phi) is 5.63. The van der Waals surface area contributed by atoms with E-state index in [9.17, 15) is 9.59 Å². The maximum absolute atomic E-state index is 12.9. The van der Waals surface area contributed by atoms with Gasteiger partial charge in [0.1, 0.15) is 0 Å². The quantitative estimate of drug-likeness (QED) is 0.756. The predicted octanol–water partition coefficient (Wildman–Crippen LogP) is 2.39. The van der Waals surface area contributed by atoms with Gasteiger partial charge in [-0.1, -0.05) is 6.42 Å². The average Bonchev–Trinajstić information content (AvgIpc) is 2.90. The van der Waals surface area contributed by atoms with E-state index in [4.69, 9.17) is 0 Å². The molecule has 6 heteroatoms. The number of carbonyl (C=O) groups is 2. The van der Waals surface area contributed by atoms with E-state index in [2.05, 4.69) is 36.9 Å². The van der Waals surface area contributed by atoms with Crippen molar-refractivity contribution in [2.45, 2.75) is 58.2 Å². The lowest BCUT2D eigenvalue weighted by Gasteiger charge is -2.33. The van der Waals surface area contributed by atoms with E-state index < -0.39 is 0 Å². The maximum atomic E-state index is 12.9. The molecule has 26 heavy (non-hydrogen) atoms. The van der Waals surface area contributed by atoms with Crippen LogP contribution >= 0.6 is 0 Å². The van der Waals surface area contributed by atoms with Crippen LogP contribution in [0.1, 0.15) is 50.4 Å². The summed E-state index contributed by atoms with van der Waals surface area (Å²) in [6.07, 6.45) is 3.10. The van der Waals surface area contributed by atoms with Gasteiger partial charge in [-0.3, -0.25) is 20.4 Å². The second-order valence-electron chi connectivity index (χ2n) is 7.79. The van der Waals surface area contributed by atoms with Crippen molar-refractivity contribution in [1.29, 1.82) is 0 Å². The first-order chi connectivity index (χ1) is 12.4. The first-order valence-corrected chi connectivity index (χ1v) is 9.57. The molecule has 142 valence electrons. The fourth-order valence-electron chi connectivity index (χ4n) is 3.98. The van der Waals surface area contributed by atoms with Crippen molar-refractivity contribution in [2.24, 2.45) is 11.8 Å². The first kappa shape index (κ1) is 18.9. The van der Waals surface area contributed by atoms with Crippen molar-refractivity contribution in [2.75, 3.05) is 12.4 Å². The standard InChI is InChI=1S/C20H30N4O2/c1-12-18(13(2)23-22-12)14(3)24(4)20(26)16-8-10-17(11-9-16)21-19(25)15-6-5-7-15/h8-15,18,22-23H,5-7H2,1-4H3,(H,21,25). The molecule has 1 aromatic rings. The highest BCUT2D eigenvalue weighted by Gasteiger charge is 2.37. The highest BCUT2D eigenvalue weighted by Crippen LogP contribution is 2.28. The van der Waals surface area contributed by atoms with Crippen LogP contribution in [0.15, 0.2) is 24.3 Å². The number of anilines is 1. The molecule has 6 nitrogen and oxygen atoms in total. The zero-order valence-electron chi connectivity index (χ0n) is 16.1. The molecule has 3 unspecified atom stereocenters. The third kappa shape index (κ3) is 3.76. The molecular weight excluding hydrogens is 328 g/mol. The topological polar surface area (TPSA) is 73.5 Å². The largest absolute Gasteiger partial charge is 0.339 e. The molecular formula is C20H30N4O2. The van der Waals surface area contributed by atoms with Crippen molar-refractivity contribution >= 4 is 17.5 Å². The summed E-state index contributed by atoms with van der Waals surface area (Å²) in [7, 11) is 1.86. The van der Waals surface area contributed by atoms with Gasteiger partial charge in [0.2, 0.25) is 5.91 Å². The van der Waals surface area contributed by atoms with Gasteiger partial charge in [0.25, 0.3) is 5.91 Å². The number of carbonyl (C=O) groups excluding carboxylic acids is 2. The number of nitrogens with one attached hydrogen (secondary N) is 3. The molecule has 0 bridgehead atoms. The zero-order valence-corrected chi connectivity index (χ0v) is 16.1. The van der Waals surface area contributed by atoms with Gasteiger partial charge in [-0.25, -0.2) is 0 Å². The second kappa shape index (κ2) is 7.76. The molecule has 1 saturated carbocycles. The molecule has 2 fully saturated rings. The zero-order chi connectivity index (χ0) is 18.8. The van der Waals surface area contributed by atoms with Gasteiger partial charge < -0.3 is 10.2 Å². The number of nitrogens with zero attached hydrogens (tertiary/aromatic N) is 1. The van der Waals surface area contributed by atoms with Gasteiger partial charge in [0.05, 0.1) is 0 Å². The van der Waals surface area contributed by atoms with Crippen molar-refractivity contribution in [3.05, 3.63) is 29.8 Å². The van der Waals surface area contributed by atoms with Crippen LogP contribution in [0.2, 0.25) is 0 Å². The Morgan fingerprint density at radius 3 is 2.19 bits per heavy atom. The molecule has 3 atom stereocenters. The van der Waals surface area contributed by atoms with Gasteiger partial charge in [0, 0.05) is 48.3 Å². The molecule has 0 radical (unpaired) electrons. The highest BCUT2D eigenvalue weighted by molar-refractivity contribution is 5.96. The number of rotatable bonds is 5. The van der Waals surface area contributed by atoms with Gasteiger partial charge >= 0.3 is 0 Å². The fraction of sp³-hybridized carbons (Fsp3) is 0.600. The molecule has 0 spiro atoms. The predicted molar refractivity (Wildman–Crippen MR) is 103 cm³/mol. The molecule has 1 heterocycles. The van der Waals surface area contributed by atoms with E-state index >= 15 is 0 Å². The number of amides is 2. The lowest BCUT2D eigenvalue weighted by Crippen LogP contribution is -2.46. The van der Waals surface area contributed by atoms with E-state index in [1.165, 1.54) is 0 Å². The van der Waals surface area contributed by atoms with Crippen LogP contribution in [-0.2, 0) is 4.79 Å². The van der Waals surface area contributed by atoms with E-state index in [1.807, 2.05) is 24.1 Å². The summed E-state index contributed by atoms with van der Waals surface area (Å²) in [5.74, 6) is 0.580. The minimum atomic E-state index is 0.000620. The van der Waals surface area contributed by atoms with Crippen LogP contribution in [0.5, 0.6) is 0 Å². The van der Waals surface area contributed by atoms with E-state index in [0.29, 0.717) is 23.6 Å². The van der Waals surface area contributed by atoms with E-state index in [0.717, 1.165) is 24.9 Å². The monoisotopic (exact) mass is 358 g/mol. The number of hydrazine groups is 1. The van der Waals surface area contributed by atoms with Gasteiger partial charge in [-0.15, -0.1) is 0 Å². The maximum Gasteiger partial charge on any atom is 0.253 e. The van der Waals surface area contributed by atoms with Crippen molar-refractivity contribution in [1.82, 2.24) is 15.8 Å². The summed E-state index contributed by atoms with van der Waals surface area (Å²) in [5.41, 5.74) is 7.89. The first-order valence-electron chi connectivity index (χ1n) is 9.57. The molecule has 1 aliphatic carbocycles. The normalized spacial score (nSPS) is 26.8. The summed E-state index contributed by atoms with van der Waals surface area (Å²) in [6, 6.07) is 7.92. The fourth-order valence-corrected chi connectivity index (χ4v) is 3.98. The minimum Gasteiger partial charge on any atom is -0.339 e. The van der Waals surface area contributed by atoms with Crippen LogP contribution in [0, 0.1) is 11.8 Å². The van der Waals surface area contributed by atoms with Crippen LogP contribution in [-0.4, -0.2) is 41.9 Å².